The van der Waals surface area contributed by atoms with Crippen molar-refractivity contribution < 1.29 is 33.4 Å². The van der Waals surface area contributed by atoms with Gasteiger partial charge in [0.05, 0.1) is 17.6 Å². The summed E-state index contributed by atoms with van der Waals surface area (Å²) < 4.78 is 15.2. The first-order valence-electron chi connectivity index (χ1n) is 8.64. The minimum Gasteiger partial charge on any atom is -0.481 e. The zero-order chi connectivity index (χ0) is 20.7. The summed E-state index contributed by atoms with van der Waals surface area (Å²) in [5.74, 6) is -1.39. The van der Waals surface area contributed by atoms with Crippen LogP contribution in [0.25, 0.3) is 6.08 Å². The van der Waals surface area contributed by atoms with Crippen LogP contribution in [0.1, 0.15) is 26.3 Å². The summed E-state index contributed by atoms with van der Waals surface area (Å²) in [6, 6.07) is 6.76. The fourth-order valence-electron chi connectivity index (χ4n) is 2.28. The lowest BCUT2D eigenvalue weighted by molar-refractivity contribution is -0.149. The SMILES string of the molecule is CCOC(=O)COc1ccccc1/C=C1/SC(=O)N(CC(=O)OC(C)C)C1=O. The van der Waals surface area contributed by atoms with Crippen LogP contribution in [0, 0.1) is 0 Å². The van der Waals surface area contributed by atoms with Gasteiger partial charge in [0.1, 0.15) is 12.3 Å². The number of amides is 2. The molecular weight excluding hydrogens is 386 g/mol. The highest BCUT2D eigenvalue weighted by molar-refractivity contribution is 8.18. The number of carbonyl (C=O) groups is 4. The number of esters is 2. The van der Waals surface area contributed by atoms with Gasteiger partial charge in [-0.15, -0.1) is 0 Å². The predicted octanol–water partition coefficient (Wildman–Crippen LogP) is 2.62. The van der Waals surface area contributed by atoms with Gasteiger partial charge in [-0.3, -0.25) is 19.3 Å². The van der Waals surface area contributed by atoms with Crippen molar-refractivity contribution in [3.63, 3.8) is 0 Å². The van der Waals surface area contributed by atoms with E-state index < -0.39 is 29.6 Å². The monoisotopic (exact) mass is 407 g/mol. The maximum atomic E-state index is 12.5. The molecule has 9 heteroatoms. The van der Waals surface area contributed by atoms with Crippen LogP contribution in [0.3, 0.4) is 0 Å². The van der Waals surface area contributed by atoms with E-state index in [-0.39, 0.29) is 24.2 Å². The summed E-state index contributed by atoms with van der Waals surface area (Å²) in [5.41, 5.74) is 0.516. The average Bonchev–Trinajstić information content (AvgIpc) is 2.88. The fraction of sp³-hybridized carbons (Fsp3) is 0.368. The molecule has 0 atom stereocenters. The molecule has 2 amide bonds. The van der Waals surface area contributed by atoms with E-state index >= 15 is 0 Å². The van der Waals surface area contributed by atoms with Crippen molar-refractivity contribution in [3.05, 3.63) is 34.7 Å². The van der Waals surface area contributed by atoms with Crippen LogP contribution in [0.2, 0.25) is 0 Å². The summed E-state index contributed by atoms with van der Waals surface area (Å²) in [6.45, 7) is 4.58. The van der Waals surface area contributed by atoms with Crippen molar-refractivity contribution in [3.8, 4) is 5.75 Å². The lowest BCUT2D eigenvalue weighted by Gasteiger charge is -2.13. The number of hydrogen-bond donors (Lipinski definition) is 0. The van der Waals surface area contributed by atoms with Gasteiger partial charge in [0.15, 0.2) is 6.61 Å². The second kappa shape index (κ2) is 9.93. The van der Waals surface area contributed by atoms with Gasteiger partial charge in [-0.25, -0.2) is 4.79 Å². The summed E-state index contributed by atoms with van der Waals surface area (Å²) >= 11 is 0.722. The van der Waals surface area contributed by atoms with Gasteiger partial charge in [0.25, 0.3) is 11.1 Å². The van der Waals surface area contributed by atoms with E-state index in [0.29, 0.717) is 11.3 Å². The van der Waals surface area contributed by atoms with Crippen LogP contribution in [-0.4, -0.2) is 53.8 Å². The molecule has 0 bridgehead atoms. The van der Waals surface area contributed by atoms with Crippen molar-refractivity contribution in [2.24, 2.45) is 0 Å². The van der Waals surface area contributed by atoms with Crippen molar-refractivity contribution in [2.75, 3.05) is 19.8 Å². The topological polar surface area (TPSA) is 99.2 Å². The van der Waals surface area contributed by atoms with Crippen LogP contribution in [0.15, 0.2) is 29.2 Å². The Morgan fingerprint density at radius 1 is 1.18 bits per heavy atom. The maximum Gasteiger partial charge on any atom is 0.344 e. The standard InChI is InChI=1S/C19H21NO7S/c1-4-25-17(22)11-26-14-8-6-5-7-13(14)9-15-18(23)20(19(24)28-15)10-16(21)27-12(2)3/h5-9,12H,4,10-11H2,1-3H3/b15-9+. The lowest BCUT2D eigenvalue weighted by Crippen LogP contribution is -2.35. The largest absolute Gasteiger partial charge is 0.481 e. The number of thioether (sulfide) groups is 1. The molecule has 1 aromatic carbocycles. The third-order valence-corrected chi connectivity index (χ3v) is 4.29. The molecule has 1 aliphatic rings. The quantitative estimate of drug-likeness (QED) is 0.479. The van der Waals surface area contributed by atoms with Gasteiger partial charge < -0.3 is 14.2 Å². The first-order chi connectivity index (χ1) is 13.3. The summed E-state index contributed by atoms with van der Waals surface area (Å²) in [6.07, 6.45) is 1.14. The minimum absolute atomic E-state index is 0.148. The number of imide groups is 1. The highest BCUT2D eigenvalue weighted by Gasteiger charge is 2.37. The zero-order valence-corrected chi connectivity index (χ0v) is 16.6. The van der Waals surface area contributed by atoms with Gasteiger partial charge in [-0.1, -0.05) is 18.2 Å². The van der Waals surface area contributed by atoms with Gasteiger partial charge in [0, 0.05) is 5.56 Å². The molecule has 0 unspecified atom stereocenters. The highest BCUT2D eigenvalue weighted by atomic mass is 32.2. The third-order valence-electron chi connectivity index (χ3n) is 3.38. The van der Waals surface area contributed by atoms with E-state index in [1.165, 1.54) is 6.08 Å². The number of para-hydroxylation sites is 1. The van der Waals surface area contributed by atoms with Gasteiger partial charge in [-0.2, -0.15) is 0 Å². The smallest absolute Gasteiger partial charge is 0.344 e. The van der Waals surface area contributed by atoms with E-state index in [0.717, 1.165) is 16.7 Å². The van der Waals surface area contributed by atoms with Crippen molar-refractivity contribution in [1.29, 1.82) is 0 Å². The Hall–Kier alpha value is -2.81. The summed E-state index contributed by atoms with van der Waals surface area (Å²) in [4.78, 5) is 48.8. The number of carbonyl (C=O) groups excluding carboxylic acids is 4. The molecule has 1 fully saturated rings. The Morgan fingerprint density at radius 3 is 2.57 bits per heavy atom. The molecule has 150 valence electrons. The van der Waals surface area contributed by atoms with Crippen LogP contribution in [-0.2, 0) is 23.9 Å². The molecule has 8 nitrogen and oxygen atoms in total. The minimum atomic E-state index is -0.656. The van der Waals surface area contributed by atoms with Crippen LogP contribution in [0.5, 0.6) is 5.75 Å². The highest BCUT2D eigenvalue weighted by Crippen LogP contribution is 2.33. The molecule has 1 saturated heterocycles. The molecule has 0 saturated carbocycles. The number of hydrogen-bond acceptors (Lipinski definition) is 8. The molecule has 0 radical (unpaired) electrons. The second-order valence-corrected chi connectivity index (χ2v) is 6.93. The fourth-order valence-corrected chi connectivity index (χ4v) is 3.11. The van der Waals surface area contributed by atoms with E-state index in [1.54, 1.807) is 45.0 Å². The Kier molecular flexibility index (Phi) is 7.62. The predicted molar refractivity (Wildman–Crippen MR) is 102 cm³/mol. The number of rotatable bonds is 8. The Bertz CT molecular complexity index is 803. The first kappa shape index (κ1) is 21.5. The summed E-state index contributed by atoms with van der Waals surface area (Å²) in [7, 11) is 0. The molecular formula is C19H21NO7S. The second-order valence-electron chi connectivity index (χ2n) is 5.94. The Balaban J connectivity index is 2.13. The van der Waals surface area contributed by atoms with Crippen molar-refractivity contribution >= 4 is 40.9 Å². The zero-order valence-electron chi connectivity index (χ0n) is 15.8. The molecule has 0 aliphatic carbocycles. The normalized spacial score (nSPS) is 15.3. The van der Waals surface area contributed by atoms with Gasteiger partial charge in [0.2, 0.25) is 0 Å². The number of benzene rings is 1. The molecule has 0 N–H and O–H groups in total. The van der Waals surface area contributed by atoms with Gasteiger partial charge in [-0.05, 0) is 44.7 Å². The molecule has 0 aromatic heterocycles. The van der Waals surface area contributed by atoms with E-state index in [2.05, 4.69) is 0 Å². The molecule has 1 aromatic rings. The van der Waals surface area contributed by atoms with E-state index in [4.69, 9.17) is 14.2 Å². The third kappa shape index (κ3) is 5.85. The average molecular weight is 407 g/mol. The Labute approximate surface area is 166 Å². The molecule has 28 heavy (non-hydrogen) atoms. The summed E-state index contributed by atoms with van der Waals surface area (Å²) in [5, 5.41) is -0.554. The molecule has 0 spiro atoms. The maximum absolute atomic E-state index is 12.5. The molecule has 1 aliphatic heterocycles. The Morgan fingerprint density at radius 2 is 1.89 bits per heavy atom. The number of nitrogens with zero attached hydrogens (tertiary/aromatic N) is 1. The lowest BCUT2D eigenvalue weighted by atomic mass is 10.2. The van der Waals surface area contributed by atoms with E-state index in [9.17, 15) is 19.2 Å². The van der Waals surface area contributed by atoms with Crippen molar-refractivity contribution in [2.45, 2.75) is 26.9 Å². The van der Waals surface area contributed by atoms with Gasteiger partial charge >= 0.3 is 11.9 Å². The van der Waals surface area contributed by atoms with E-state index in [1.807, 2.05) is 0 Å². The van der Waals surface area contributed by atoms with Crippen LogP contribution < -0.4 is 4.74 Å². The van der Waals surface area contributed by atoms with Crippen molar-refractivity contribution in [1.82, 2.24) is 4.90 Å². The molecule has 1 heterocycles. The van der Waals surface area contributed by atoms with Crippen LogP contribution >= 0.6 is 11.8 Å². The first-order valence-corrected chi connectivity index (χ1v) is 9.45. The van der Waals surface area contributed by atoms with Crippen LogP contribution in [0.4, 0.5) is 4.79 Å². The molecule has 2 rings (SSSR count). The number of ether oxygens (including phenoxy) is 3.